The lowest BCUT2D eigenvalue weighted by Gasteiger charge is -2.27. The Hall–Kier alpha value is -1.88. The van der Waals surface area contributed by atoms with E-state index in [2.05, 4.69) is 0 Å². The zero-order valence-corrected chi connectivity index (χ0v) is 12.0. The van der Waals surface area contributed by atoms with E-state index in [1.807, 2.05) is 37.3 Å². The van der Waals surface area contributed by atoms with E-state index >= 15 is 0 Å². The number of carbonyl (C=O) groups excluding carboxylic acids is 1. The van der Waals surface area contributed by atoms with Crippen LogP contribution in [0.1, 0.15) is 31.9 Å². The van der Waals surface area contributed by atoms with Crippen molar-refractivity contribution in [3.63, 3.8) is 0 Å². The van der Waals surface area contributed by atoms with Gasteiger partial charge in [-0.3, -0.25) is 9.59 Å². The molecule has 0 saturated carbocycles. The van der Waals surface area contributed by atoms with Gasteiger partial charge in [-0.15, -0.1) is 0 Å². The third-order valence-electron chi connectivity index (χ3n) is 3.40. The van der Waals surface area contributed by atoms with E-state index < -0.39 is 5.97 Å². The van der Waals surface area contributed by atoms with Crippen molar-refractivity contribution in [2.75, 3.05) is 13.1 Å². The Labute approximate surface area is 119 Å². The average molecular weight is 278 g/mol. The van der Waals surface area contributed by atoms with Crippen molar-refractivity contribution in [1.82, 2.24) is 4.90 Å². The molecule has 0 aliphatic rings. The van der Waals surface area contributed by atoms with Gasteiger partial charge in [0.15, 0.2) is 0 Å². The number of hydrogen-bond donors (Lipinski definition) is 2. The van der Waals surface area contributed by atoms with Crippen LogP contribution in [0.4, 0.5) is 0 Å². The van der Waals surface area contributed by atoms with Gasteiger partial charge in [0.25, 0.3) is 0 Å². The molecule has 110 valence electrons. The maximum atomic E-state index is 12.4. The summed E-state index contributed by atoms with van der Waals surface area (Å²) >= 11 is 0. The van der Waals surface area contributed by atoms with Crippen molar-refractivity contribution >= 4 is 11.9 Å². The molecule has 1 aromatic carbocycles. The molecule has 3 N–H and O–H groups in total. The molecular formula is C15H22N2O3. The Kier molecular flexibility index (Phi) is 6.18. The highest BCUT2D eigenvalue weighted by Gasteiger charge is 2.26. The summed E-state index contributed by atoms with van der Waals surface area (Å²) in [7, 11) is 0. The Balaban J connectivity index is 2.71. The third-order valence-corrected chi connectivity index (χ3v) is 3.40. The highest BCUT2D eigenvalue weighted by molar-refractivity contribution is 5.80. The molecule has 1 rings (SSSR count). The Bertz CT molecular complexity index is 448. The first kappa shape index (κ1) is 16.2. The van der Waals surface area contributed by atoms with E-state index in [1.165, 1.54) is 0 Å². The van der Waals surface area contributed by atoms with Crippen molar-refractivity contribution in [2.24, 2.45) is 11.7 Å². The molecule has 0 aromatic heterocycles. The minimum Gasteiger partial charge on any atom is -0.481 e. The second kappa shape index (κ2) is 7.65. The fraction of sp³-hybridized carbons (Fsp3) is 0.467. The number of carboxylic acid groups (broad SMARTS) is 1. The number of benzene rings is 1. The van der Waals surface area contributed by atoms with E-state index in [9.17, 15) is 9.59 Å². The summed E-state index contributed by atoms with van der Waals surface area (Å²) in [5.41, 5.74) is 7.03. The van der Waals surface area contributed by atoms with Gasteiger partial charge in [-0.25, -0.2) is 0 Å². The van der Waals surface area contributed by atoms with Crippen LogP contribution < -0.4 is 5.73 Å². The van der Waals surface area contributed by atoms with Crippen LogP contribution in [-0.4, -0.2) is 35.0 Å². The van der Waals surface area contributed by atoms with Gasteiger partial charge in [0, 0.05) is 19.1 Å². The summed E-state index contributed by atoms with van der Waals surface area (Å²) in [5, 5.41) is 8.70. The molecular weight excluding hydrogens is 256 g/mol. The topological polar surface area (TPSA) is 83.6 Å². The van der Waals surface area contributed by atoms with Crippen molar-refractivity contribution in [1.29, 1.82) is 0 Å². The third kappa shape index (κ3) is 4.35. The molecule has 0 bridgehead atoms. The number of hydrogen-bond acceptors (Lipinski definition) is 3. The van der Waals surface area contributed by atoms with Crippen molar-refractivity contribution in [2.45, 2.75) is 26.3 Å². The summed E-state index contributed by atoms with van der Waals surface area (Å²) in [6.07, 6.45) is -0.0487. The van der Waals surface area contributed by atoms with E-state index in [0.717, 1.165) is 5.56 Å². The van der Waals surface area contributed by atoms with Crippen molar-refractivity contribution in [3.05, 3.63) is 35.9 Å². The molecule has 0 fully saturated rings. The van der Waals surface area contributed by atoms with Crippen LogP contribution in [0.15, 0.2) is 30.3 Å². The molecule has 1 aromatic rings. The van der Waals surface area contributed by atoms with Crippen molar-refractivity contribution in [3.8, 4) is 0 Å². The summed E-state index contributed by atoms with van der Waals surface area (Å²) < 4.78 is 0. The molecule has 20 heavy (non-hydrogen) atoms. The number of carbonyl (C=O) groups is 2. The van der Waals surface area contributed by atoms with Gasteiger partial charge >= 0.3 is 5.97 Å². The van der Waals surface area contributed by atoms with Crippen LogP contribution in [0.3, 0.4) is 0 Å². The van der Waals surface area contributed by atoms with Gasteiger partial charge in [0.05, 0.1) is 12.3 Å². The number of aliphatic carboxylic acids is 1. The minimum atomic E-state index is -0.906. The van der Waals surface area contributed by atoms with E-state index in [-0.39, 0.29) is 30.8 Å². The van der Waals surface area contributed by atoms with Gasteiger partial charge in [-0.2, -0.15) is 0 Å². The predicted octanol–water partition coefficient (Wildman–Crippen LogP) is 1.65. The highest BCUT2D eigenvalue weighted by atomic mass is 16.4. The Morgan fingerprint density at radius 1 is 1.30 bits per heavy atom. The van der Waals surface area contributed by atoms with Gasteiger partial charge in [-0.1, -0.05) is 37.3 Å². The van der Waals surface area contributed by atoms with E-state index in [1.54, 1.807) is 11.8 Å². The lowest BCUT2D eigenvalue weighted by Crippen LogP contribution is -2.40. The van der Waals surface area contributed by atoms with Gasteiger partial charge in [0.2, 0.25) is 5.91 Å². The predicted molar refractivity (Wildman–Crippen MR) is 77.0 cm³/mol. The SMILES string of the molecule is CCN(CCC(=O)O)C(=O)C(C)C(N)c1ccccc1. The molecule has 0 heterocycles. The number of rotatable bonds is 7. The first-order chi connectivity index (χ1) is 9.47. The molecule has 0 aliphatic heterocycles. The van der Waals surface area contributed by atoms with Crippen LogP contribution in [-0.2, 0) is 9.59 Å². The molecule has 5 nitrogen and oxygen atoms in total. The molecule has 2 atom stereocenters. The smallest absolute Gasteiger partial charge is 0.305 e. The average Bonchev–Trinajstić information content (AvgIpc) is 2.46. The molecule has 2 unspecified atom stereocenters. The second-order valence-electron chi connectivity index (χ2n) is 4.79. The normalized spacial score (nSPS) is 13.6. The van der Waals surface area contributed by atoms with E-state index in [4.69, 9.17) is 10.8 Å². The quantitative estimate of drug-likeness (QED) is 0.794. The first-order valence-corrected chi connectivity index (χ1v) is 6.78. The second-order valence-corrected chi connectivity index (χ2v) is 4.79. The lowest BCUT2D eigenvalue weighted by molar-refractivity contribution is -0.139. The monoisotopic (exact) mass is 278 g/mol. The van der Waals surface area contributed by atoms with Crippen molar-refractivity contribution < 1.29 is 14.7 Å². The Morgan fingerprint density at radius 3 is 2.40 bits per heavy atom. The Morgan fingerprint density at radius 2 is 1.90 bits per heavy atom. The van der Waals surface area contributed by atoms with Crippen LogP contribution >= 0.6 is 0 Å². The zero-order chi connectivity index (χ0) is 15.1. The standard InChI is InChI=1S/C15H22N2O3/c1-3-17(10-9-13(18)19)15(20)11(2)14(16)12-7-5-4-6-8-12/h4-8,11,14H,3,9-10,16H2,1-2H3,(H,18,19). The van der Waals surface area contributed by atoms with E-state index in [0.29, 0.717) is 6.54 Å². The van der Waals surface area contributed by atoms with Crippen LogP contribution in [0.5, 0.6) is 0 Å². The van der Waals surface area contributed by atoms with Crippen LogP contribution in [0.25, 0.3) is 0 Å². The maximum Gasteiger partial charge on any atom is 0.305 e. The number of nitrogens with two attached hydrogens (primary N) is 1. The number of nitrogens with zero attached hydrogens (tertiary/aromatic N) is 1. The maximum absolute atomic E-state index is 12.4. The fourth-order valence-electron chi connectivity index (χ4n) is 2.06. The first-order valence-electron chi connectivity index (χ1n) is 6.78. The molecule has 0 spiro atoms. The number of carboxylic acids is 1. The van der Waals surface area contributed by atoms with Crippen LogP contribution in [0.2, 0.25) is 0 Å². The largest absolute Gasteiger partial charge is 0.481 e. The number of amides is 1. The highest BCUT2D eigenvalue weighted by Crippen LogP contribution is 2.21. The molecule has 5 heteroatoms. The molecule has 0 aliphatic carbocycles. The minimum absolute atomic E-state index is 0.0487. The van der Waals surface area contributed by atoms with Crippen LogP contribution in [0, 0.1) is 5.92 Å². The zero-order valence-electron chi connectivity index (χ0n) is 12.0. The summed E-state index contributed by atoms with van der Waals surface area (Å²) in [6, 6.07) is 9.06. The summed E-state index contributed by atoms with van der Waals surface area (Å²) in [6.45, 7) is 4.32. The molecule has 1 amide bonds. The van der Waals surface area contributed by atoms with Gasteiger partial charge in [0.1, 0.15) is 0 Å². The van der Waals surface area contributed by atoms with Gasteiger partial charge in [-0.05, 0) is 12.5 Å². The van der Waals surface area contributed by atoms with Gasteiger partial charge < -0.3 is 15.7 Å². The summed E-state index contributed by atoms with van der Waals surface area (Å²) in [5.74, 6) is -1.40. The molecule has 0 saturated heterocycles. The lowest BCUT2D eigenvalue weighted by atomic mass is 9.94. The molecule has 0 radical (unpaired) electrons. The summed E-state index contributed by atoms with van der Waals surface area (Å²) in [4.78, 5) is 24.5. The fourth-order valence-corrected chi connectivity index (χ4v) is 2.06.